The molecule has 0 aliphatic heterocycles. The monoisotopic (exact) mass is 729 g/mol. The molecular weight excluding hydrogens is 700 g/mol. The average Bonchev–Trinajstić information content (AvgIpc) is 3.12. The Kier molecular flexibility index (Phi) is 12.2. The second kappa shape index (κ2) is 16.9. The summed E-state index contributed by atoms with van der Waals surface area (Å²) in [6, 6.07) is 31.5. The molecule has 1 unspecified atom stereocenters. The Morgan fingerprint density at radius 1 is 0.760 bits per heavy atom. The van der Waals surface area contributed by atoms with E-state index in [0.29, 0.717) is 38.4 Å². The van der Waals surface area contributed by atoms with Crippen LogP contribution in [-0.2, 0) is 9.59 Å². The third kappa shape index (κ3) is 9.03. The highest BCUT2D eigenvalue weighted by Crippen LogP contribution is 2.40. The van der Waals surface area contributed by atoms with E-state index in [4.69, 9.17) is 32.7 Å². The van der Waals surface area contributed by atoms with Gasteiger partial charge in [0.2, 0.25) is 5.91 Å². The number of ether oxygens (including phenoxy) is 2. The maximum Gasteiger partial charge on any atom is 0.272 e. The Labute approximate surface area is 302 Å². The first-order valence-corrected chi connectivity index (χ1v) is 16.7. The van der Waals surface area contributed by atoms with E-state index in [1.807, 2.05) is 30.3 Å². The molecule has 8 nitrogen and oxygen atoms in total. The Bertz CT molecular complexity index is 2030. The number of nitrogens with one attached hydrogen (secondary N) is 3. The molecule has 0 aliphatic carbocycles. The highest BCUT2D eigenvalue weighted by Gasteiger charge is 2.25. The van der Waals surface area contributed by atoms with Crippen LogP contribution >= 0.6 is 35.0 Å². The summed E-state index contributed by atoms with van der Waals surface area (Å²) in [5.41, 5.74) is 1.43. The minimum atomic E-state index is -0.739. The van der Waals surface area contributed by atoms with Gasteiger partial charge in [-0.1, -0.05) is 83.9 Å². The SMILES string of the molecule is COc1cc(OC)c(NC(=O)C(Sc2cccc(NC(=O)/C(=C\c3c(F)cccc3Cl)NC(=O)c3ccccc3)c2)c2ccccc2)cc1Cl. The number of hydrogen-bond acceptors (Lipinski definition) is 6. The number of thioether (sulfide) groups is 1. The average molecular weight is 731 g/mol. The van der Waals surface area contributed by atoms with Gasteiger partial charge in [0, 0.05) is 27.8 Å². The minimum absolute atomic E-state index is 0.0578. The third-order valence-electron chi connectivity index (χ3n) is 7.24. The molecule has 3 N–H and O–H groups in total. The van der Waals surface area contributed by atoms with Gasteiger partial charge in [0.1, 0.15) is 28.3 Å². The van der Waals surface area contributed by atoms with Gasteiger partial charge in [0.05, 0.1) is 30.0 Å². The van der Waals surface area contributed by atoms with Crippen LogP contribution in [0.2, 0.25) is 10.0 Å². The van der Waals surface area contributed by atoms with Crippen molar-refractivity contribution < 1.29 is 28.2 Å². The van der Waals surface area contributed by atoms with Crippen molar-refractivity contribution in [2.75, 3.05) is 24.9 Å². The normalized spacial score (nSPS) is 11.7. The van der Waals surface area contributed by atoms with Crippen molar-refractivity contribution in [1.82, 2.24) is 5.32 Å². The zero-order valence-electron chi connectivity index (χ0n) is 26.7. The Morgan fingerprint density at radius 3 is 2.12 bits per heavy atom. The van der Waals surface area contributed by atoms with Crippen LogP contribution in [0.5, 0.6) is 11.5 Å². The van der Waals surface area contributed by atoms with Crippen molar-refractivity contribution in [2.24, 2.45) is 0 Å². The summed E-state index contributed by atoms with van der Waals surface area (Å²) in [4.78, 5) is 41.2. The van der Waals surface area contributed by atoms with Crippen LogP contribution in [0.15, 0.2) is 126 Å². The first-order chi connectivity index (χ1) is 24.2. The van der Waals surface area contributed by atoms with Crippen molar-refractivity contribution in [3.8, 4) is 11.5 Å². The van der Waals surface area contributed by atoms with Gasteiger partial charge in [-0.2, -0.15) is 0 Å². The molecule has 5 aromatic carbocycles. The summed E-state index contributed by atoms with van der Waals surface area (Å²) in [5.74, 6) is -1.57. The van der Waals surface area contributed by atoms with Crippen molar-refractivity contribution >= 4 is 70.1 Å². The fraction of sp³-hybridized carbons (Fsp3) is 0.0789. The van der Waals surface area contributed by atoms with Gasteiger partial charge < -0.3 is 25.4 Å². The number of benzene rings is 5. The number of methoxy groups -OCH3 is 2. The fourth-order valence-electron chi connectivity index (χ4n) is 4.77. The molecule has 5 aromatic rings. The Hall–Kier alpha value is -5.29. The quantitative estimate of drug-likeness (QED) is 0.0875. The van der Waals surface area contributed by atoms with Crippen molar-refractivity contribution in [2.45, 2.75) is 10.1 Å². The van der Waals surface area contributed by atoms with E-state index in [1.54, 1.807) is 66.7 Å². The second-order valence-corrected chi connectivity index (χ2v) is 12.6. The maximum atomic E-state index is 14.7. The largest absolute Gasteiger partial charge is 0.495 e. The predicted molar refractivity (Wildman–Crippen MR) is 197 cm³/mol. The molecule has 0 saturated carbocycles. The van der Waals surface area contributed by atoms with Crippen LogP contribution in [0.1, 0.15) is 26.7 Å². The van der Waals surface area contributed by atoms with Crippen molar-refractivity contribution in [3.05, 3.63) is 154 Å². The molecule has 0 aromatic heterocycles. The summed E-state index contributed by atoms with van der Waals surface area (Å²) in [6.45, 7) is 0. The molecule has 0 fully saturated rings. The first kappa shape index (κ1) is 36.0. The van der Waals surface area contributed by atoms with E-state index >= 15 is 0 Å². The van der Waals surface area contributed by atoms with E-state index in [1.165, 1.54) is 50.3 Å². The number of rotatable bonds is 12. The zero-order valence-corrected chi connectivity index (χ0v) is 29.0. The third-order valence-corrected chi connectivity index (χ3v) is 9.11. The summed E-state index contributed by atoms with van der Waals surface area (Å²) in [6.07, 6.45) is 1.18. The van der Waals surface area contributed by atoms with E-state index in [2.05, 4.69) is 16.0 Å². The van der Waals surface area contributed by atoms with Crippen LogP contribution in [-0.4, -0.2) is 31.9 Å². The predicted octanol–water partition coefficient (Wildman–Crippen LogP) is 9.03. The van der Waals surface area contributed by atoms with E-state index in [-0.39, 0.29) is 22.2 Å². The smallest absolute Gasteiger partial charge is 0.272 e. The van der Waals surface area contributed by atoms with Crippen LogP contribution in [0.4, 0.5) is 15.8 Å². The lowest BCUT2D eigenvalue weighted by Gasteiger charge is -2.19. The maximum absolute atomic E-state index is 14.7. The number of carbonyl (C=O) groups is 3. The van der Waals surface area contributed by atoms with Crippen LogP contribution in [0.25, 0.3) is 6.08 Å². The van der Waals surface area contributed by atoms with Gasteiger partial charge in [-0.05, 0) is 60.2 Å². The molecule has 50 heavy (non-hydrogen) atoms. The summed E-state index contributed by atoms with van der Waals surface area (Å²) < 4.78 is 25.5. The number of halogens is 3. The highest BCUT2D eigenvalue weighted by atomic mass is 35.5. The number of carbonyl (C=O) groups excluding carboxylic acids is 3. The zero-order chi connectivity index (χ0) is 35.6. The van der Waals surface area contributed by atoms with Gasteiger partial charge in [0.25, 0.3) is 11.8 Å². The molecule has 0 radical (unpaired) electrons. The lowest BCUT2D eigenvalue weighted by atomic mass is 10.1. The Balaban J connectivity index is 1.41. The molecule has 0 saturated heterocycles. The van der Waals surface area contributed by atoms with Crippen molar-refractivity contribution in [3.63, 3.8) is 0 Å². The molecule has 0 spiro atoms. The summed E-state index contributed by atoms with van der Waals surface area (Å²) >= 11 is 13.8. The van der Waals surface area contributed by atoms with Gasteiger partial charge in [-0.25, -0.2) is 4.39 Å². The standard InChI is InChI=1S/C38H30Cl2FN3O5S/c1-48-33-22-34(49-2)31(21-29(33)40)43-38(47)35(23-11-5-3-6-12-23)50-26-16-9-15-25(19-26)42-37(46)32(20-27-28(39)17-10-18-30(27)41)44-36(45)24-13-7-4-8-14-24/h3-22,35H,1-2H3,(H,42,46)(H,43,47)(H,44,45)/b32-20+. The number of anilines is 2. The molecule has 0 heterocycles. The van der Waals surface area contributed by atoms with Crippen LogP contribution in [0.3, 0.4) is 0 Å². The molecule has 5 rings (SSSR count). The lowest BCUT2D eigenvalue weighted by Crippen LogP contribution is -2.30. The van der Waals surface area contributed by atoms with Crippen LogP contribution < -0.4 is 25.4 Å². The molecule has 1 atom stereocenters. The molecular formula is C38H30Cl2FN3O5S. The van der Waals surface area contributed by atoms with E-state index < -0.39 is 22.9 Å². The number of amides is 3. The topological polar surface area (TPSA) is 106 Å². The van der Waals surface area contributed by atoms with E-state index in [9.17, 15) is 18.8 Å². The van der Waals surface area contributed by atoms with Crippen molar-refractivity contribution in [1.29, 1.82) is 0 Å². The Morgan fingerprint density at radius 2 is 1.44 bits per heavy atom. The van der Waals surface area contributed by atoms with Gasteiger partial charge in [-0.3, -0.25) is 14.4 Å². The van der Waals surface area contributed by atoms with E-state index in [0.717, 1.165) is 5.56 Å². The lowest BCUT2D eigenvalue weighted by molar-refractivity contribution is -0.116. The fourth-order valence-corrected chi connectivity index (χ4v) is 6.32. The summed E-state index contributed by atoms with van der Waals surface area (Å²) in [5, 5.41) is 7.88. The highest BCUT2D eigenvalue weighted by molar-refractivity contribution is 8.00. The second-order valence-electron chi connectivity index (χ2n) is 10.6. The summed E-state index contributed by atoms with van der Waals surface area (Å²) in [7, 11) is 2.95. The van der Waals surface area contributed by atoms with Gasteiger partial charge in [-0.15, -0.1) is 11.8 Å². The molecule has 12 heteroatoms. The molecule has 0 bridgehead atoms. The first-order valence-electron chi connectivity index (χ1n) is 15.0. The minimum Gasteiger partial charge on any atom is -0.495 e. The number of hydrogen-bond donors (Lipinski definition) is 3. The van der Waals surface area contributed by atoms with Gasteiger partial charge in [0.15, 0.2) is 0 Å². The molecule has 0 aliphatic rings. The molecule has 254 valence electrons. The molecule has 3 amide bonds. The van der Waals surface area contributed by atoms with Gasteiger partial charge >= 0.3 is 0 Å². The van der Waals surface area contributed by atoms with Crippen LogP contribution in [0, 0.1) is 5.82 Å².